The van der Waals surface area contributed by atoms with Crippen LogP contribution in [0.1, 0.15) is 18.9 Å². The lowest BCUT2D eigenvalue weighted by Crippen LogP contribution is -2.34. The number of rotatable bonds is 8. The van der Waals surface area contributed by atoms with Crippen LogP contribution in [-0.4, -0.2) is 27.0 Å². The molecule has 1 aromatic rings. The van der Waals surface area contributed by atoms with Gasteiger partial charge in [-0.3, -0.25) is 4.79 Å². The zero-order valence-electron chi connectivity index (χ0n) is 11.9. The summed E-state index contributed by atoms with van der Waals surface area (Å²) in [6.45, 7) is 5.85. The Kier molecular flexibility index (Phi) is 6.54. The van der Waals surface area contributed by atoms with Crippen LogP contribution in [0, 0.1) is 0 Å². The van der Waals surface area contributed by atoms with Crippen molar-refractivity contribution in [2.75, 3.05) is 6.61 Å². The van der Waals surface area contributed by atoms with Crippen molar-refractivity contribution in [3.05, 3.63) is 42.5 Å². The number of carbonyl (C=O) groups is 1. The third kappa shape index (κ3) is 6.07. The van der Waals surface area contributed by atoms with Gasteiger partial charge in [-0.25, -0.2) is 13.6 Å². The summed E-state index contributed by atoms with van der Waals surface area (Å²) < 4.78 is 27.8. The maximum absolute atomic E-state index is 11.8. The van der Waals surface area contributed by atoms with Crippen LogP contribution in [-0.2, 0) is 26.1 Å². The molecule has 0 heterocycles. The number of amides is 1. The molecule has 116 valence electrons. The Balaban J connectivity index is 2.55. The molecular formula is C14H20N2O4S. The van der Waals surface area contributed by atoms with Crippen LogP contribution in [0.25, 0.3) is 0 Å². The van der Waals surface area contributed by atoms with Crippen LogP contribution in [0.4, 0.5) is 0 Å². The third-order valence-corrected chi connectivity index (χ3v) is 3.66. The molecule has 0 aliphatic heterocycles. The third-order valence-electron chi connectivity index (χ3n) is 2.75. The van der Waals surface area contributed by atoms with Crippen LogP contribution in [0.3, 0.4) is 0 Å². The molecule has 0 saturated heterocycles. The Bertz CT molecular complexity index is 599. The van der Waals surface area contributed by atoms with Gasteiger partial charge in [0.25, 0.3) is 0 Å². The summed E-state index contributed by atoms with van der Waals surface area (Å²) in [6.07, 6.45) is 1.81. The van der Waals surface area contributed by atoms with Gasteiger partial charge in [0, 0.05) is 6.54 Å². The minimum absolute atomic E-state index is 0.0181. The fraction of sp³-hybridized carbons (Fsp3) is 0.357. The number of primary sulfonamides is 1. The Morgan fingerprint density at radius 3 is 2.86 bits per heavy atom. The van der Waals surface area contributed by atoms with E-state index < -0.39 is 16.1 Å². The molecule has 1 aromatic carbocycles. The van der Waals surface area contributed by atoms with Crippen molar-refractivity contribution in [2.45, 2.75) is 30.9 Å². The zero-order valence-corrected chi connectivity index (χ0v) is 12.7. The highest BCUT2D eigenvalue weighted by Gasteiger charge is 2.13. The summed E-state index contributed by atoms with van der Waals surface area (Å²) in [4.78, 5) is 11.8. The molecule has 0 spiro atoms. The second-order valence-electron chi connectivity index (χ2n) is 4.50. The molecule has 6 nitrogen and oxygen atoms in total. The molecule has 1 atom stereocenters. The van der Waals surface area contributed by atoms with E-state index in [0.717, 1.165) is 0 Å². The topological polar surface area (TPSA) is 98.5 Å². The minimum atomic E-state index is -3.74. The summed E-state index contributed by atoms with van der Waals surface area (Å²) in [5, 5.41) is 7.73. The van der Waals surface area contributed by atoms with E-state index in [9.17, 15) is 13.2 Å². The highest BCUT2D eigenvalue weighted by atomic mass is 32.2. The van der Waals surface area contributed by atoms with Crippen molar-refractivity contribution in [3.8, 4) is 0 Å². The largest absolute Gasteiger partial charge is 0.368 e. The van der Waals surface area contributed by atoms with Gasteiger partial charge in [-0.1, -0.05) is 18.2 Å². The lowest BCUT2D eigenvalue weighted by molar-refractivity contribution is -0.131. The van der Waals surface area contributed by atoms with Gasteiger partial charge in [-0.2, -0.15) is 0 Å². The van der Waals surface area contributed by atoms with Crippen LogP contribution in [0.15, 0.2) is 41.8 Å². The number of hydrogen-bond donors (Lipinski definition) is 2. The number of ether oxygens (including phenoxy) is 1. The van der Waals surface area contributed by atoms with Crippen molar-refractivity contribution in [1.29, 1.82) is 0 Å². The highest BCUT2D eigenvalue weighted by molar-refractivity contribution is 7.89. The number of nitrogens with one attached hydrogen (secondary N) is 1. The molecule has 1 amide bonds. The van der Waals surface area contributed by atoms with Gasteiger partial charge in [0.1, 0.15) is 6.10 Å². The fourth-order valence-corrected chi connectivity index (χ4v) is 2.15. The van der Waals surface area contributed by atoms with Crippen molar-refractivity contribution in [2.24, 2.45) is 5.14 Å². The van der Waals surface area contributed by atoms with E-state index in [2.05, 4.69) is 11.9 Å². The van der Waals surface area contributed by atoms with Gasteiger partial charge in [0.15, 0.2) is 0 Å². The van der Waals surface area contributed by atoms with Gasteiger partial charge < -0.3 is 10.1 Å². The molecule has 0 radical (unpaired) electrons. The van der Waals surface area contributed by atoms with Crippen molar-refractivity contribution in [1.82, 2.24) is 5.32 Å². The number of benzene rings is 1. The zero-order chi connectivity index (χ0) is 15.9. The van der Waals surface area contributed by atoms with Crippen molar-refractivity contribution >= 4 is 15.9 Å². The van der Waals surface area contributed by atoms with Crippen molar-refractivity contribution in [3.63, 3.8) is 0 Å². The smallest absolute Gasteiger partial charge is 0.249 e. The second kappa shape index (κ2) is 7.92. The first-order valence-corrected chi connectivity index (χ1v) is 8.01. The van der Waals surface area contributed by atoms with Crippen LogP contribution < -0.4 is 10.5 Å². The number of carbonyl (C=O) groups excluding carboxylic acids is 1. The van der Waals surface area contributed by atoms with E-state index >= 15 is 0 Å². The first-order valence-electron chi connectivity index (χ1n) is 6.46. The normalized spacial score (nSPS) is 12.7. The predicted octanol–water partition coefficient (Wildman–Crippen LogP) is 0.931. The standard InChI is InChI=1S/C14H20N2O4S/c1-3-4-8-20-11(2)14(17)16-10-12-6-5-7-13(9-12)21(15,18)19/h3,5-7,9,11H,1,4,8,10H2,2H3,(H,16,17)(H2,15,18,19)/t11-/m1/s1. The Morgan fingerprint density at radius 2 is 2.24 bits per heavy atom. The summed E-state index contributed by atoms with van der Waals surface area (Å²) in [5.74, 6) is -0.264. The average molecular weight is 312 g/mol. The van der Waals surface area contributed by atoms with Gasteiger partial charge in [0.05, 0.1) is 11.5 Å². The Morgan fingerprint density at radius 1 is 1.52 bits per heavy atom. The molecule has 3 N–H and O–H groups in total. The summed E-state index contributed by atoms with van der Waals surface area (Å²) in [5.41, 5.74) is 0.646. The molecular weight excluding hydrogens is 292 g/mol. The number of nitrogens with two attached hydrogens (primary N) is 1. The molecule has 0 fully saturated rings. The molecule has 21 heavy (non-hydrogen) atoms. The molecule has 1 rings (SSSR count). The number of sulfonamides is 1. The quantitative estimate of drug-likeness (QED) is 0.551. The maximum atomic E-state index is 11.8. The van der Waals surface area contributed by atoms with Crippen LogP contribution in [0.5, 0.6) is 0 Å². The summed E-state index contributed by atoms with van der Waals surface area (Å²) in [7, 11) is -3.74. The Labute approximate surface area is 125 Å². The SMILES string of the molecule is C=CCCO[C@H](C)C(=O)NCc1cccc(S(N)(=O)=O)c1. The second-order valence-corrected chi connectivity index (χ2v) is 6.06. The van der Waals surface area contributed by atoms with Crippen LogP contribution >= 0.6 is 0 Å². The van der Waals surface area contributed by atoms with Gasteiger partial charge in [-0.05, 0) is 31.0 Å². The molecule has 0 unspecified atom stereocenters. The summed E-state index contributed by atoms with van der Waals surface area (Å²) in [6, 6.07) is 6.12. The number of hydrogen-bond acceptors (Lipinski definition) is 4. The first kappa shape index (κ1) is 17.4. The molecule has 0 aromatic heterocycles. The monoisotopic (exact) mass is 312 g/mol. The van der Waals surface area contributed by atoms with E-state index in [1.54, 1.807) is 25.1 Å². The van der Waals surface area contributed by atoms with Gasteiger partial charge >= 0.3 is 0 Å². The van der Waals surface area contributed by atoms with Crippen molar-refractivity contribution < 1.29 is 17.9 Å². The van der Waals surface area contributed by atoms with Crippen LogP contribution in [0.2, 0.25) is 0 Å². The molecule has 0 aliphatic carbocycles. The Hall–Kier alpha value is -1.70. The van der Waals surface area contributed by atoms with Gasteiger partial charge in [0.2, 0.25) is 15.9 Å². The van der Waals surface area contributed by atoms with E-state index in [-0.39, 0.29) is 17.3 Å². The van der Waals surface area contributed by atoms with Gasteiger partial charge in [-0.15, -0.1) is 6.58 Å². The predicted molar refractivity (Wildman–Crippen MR) is 79.9 cm³/mol. The molecule has 0 aliphatic rings. The van der Waals surface area contributed by atoms with E-state index in [0.29, 0.717) is 18.6 Å². The fourth-order valence-electron chi connectivity index (χ4n) is 1.57. The lowest BCUT2D eigenvalue weighted by Gasteiger charge is -2.13. The average Bonchev–Trinajstić information content (AvgIpc) is 2.44. The molecule has 7 heteroatoms. The lowest BCUT2D eigenvalue weighted by atomic mass is 10.2. The maximum Gasteiger partial charge on any atom is 0.249 e. The van der Waals surface area contributed by atoms with E-state index in [1.807, 2.05) is 0 Å². The van der Waals surface area contributed by atoms with E-state index in [4.69, 9.17) is 9.88 Å². The minimum Gasteiger partial charge on any atom is -0.368 e. The molecule has 0 bridgehead atoms. The van der Waals surface area contributed by atoms with E-state index in [1.165, 1.54) is 12.1 Å². The molecule has 0 saturated carbocycles. The first-order chi connectivity index (χ1) is 9.84. The highest BCUT2D eigenvalue weighted by Crippen LogP contribution is 2.09. The summed E-state index contributed by atoms with van der Waals surface area (Å²) >= 11 is 0.